The molecule has 0 aliphatic heterocycles. The highest BCUT2D eigenvalue weighted by atomic mass is 19.1. The molecule has 4 aliphatic rings. The van der Waals surface area contributed by atoms with E-state index in [4.69, 9.17) is 4.98 Å². The number of hydrogen-bond donors (Lipinski definition) is 1. The van der Waals surface area contributed by atoms with Gasteiger partial charge in [-0.1, -0.05) is 24.7 Å². The predicted octanol–water partition coefficient (Wildman–Crippen LogP) is 5.63. The average Bonchev–Trinajstić information content (AvgIpc) is 3.46. The van der Waals surface area contributed by atoms with Crippen LogP contribution in [0.15, 0.2) is 30.9 Å². The monoisotopic (exact) mass is 425 g/mol. The molecule has 4 heterocycles. The summed E-state index contributed by atoms with van der Waals surface area (Å²) in [6.07, 6.45) is 16.2. The van der Waals surface area contributed by atoms with Crippen molar-refractivity contribution >= 4 is 22.1 Å². The summed E-state index contributed by atoms with van der Waals surface area (Å²) >= 11 is 0. The molecule has 1 N–H and O–H groups in total. The van der Waals surface area contributed by atoms with E-state index in [9.17, 15) is 4.39 Å². The molecule has 0 unspecified atom stereocenters. The van der Waals surface area contributed by atoms with Gasteiger partial charge in [-0.25, -0.2) is 19.3 Å². The van der Waals surface area contributed by atoms with Crippen molar-refractivity contribution in [3.8, 4) is 23.2 Å². The Labute approximate surface area is 185 Å². The van der Waals surface area contributed by atoms with Crippen LogP contribution in [0.25, 0.3) is 33.5 Å². The summed E-state index contributed by atoms with van der Waals surface area (Å²) in [7, 11) is 0. The molecule has 0 aromatic carbocycles. The molecule has 0 amide bonds. The van der Waals surface area contributed by atoms with E-state index in [1.54, 1.807) is 0 Å². The van der Waals surface area contributed by atoms with Crippen molar-refractivity contribution in [1.82, 2.24) is 24.5 Å². The second-order valence-corrected chi connectivity index (χ2v) is 9.76. The number of H-pyrrole nitrogens is 1. The standard InChI is InChI=1S/C26H24FN5/c27-19-10-20-22(13-29-24(20)28-11-19)25-30-12-21-18(8-3-15-1-2-15)14-32(26(21)31-25)23-9-16-4-6-17(23)7-5-16/h10-17,23H,1-2,4-7,9H2,(H,28,29)/t16?,17?,23-/m0/s1. The van der Waals surface area contributed by atoms with E-state index < -0.39 is 0 Å². The molecular weight excluding hydrogens is 401 g/mol. The Hall–Kier alpha value is -3.20. The summed E-state index contributed by atoms with van der Waals surface area (Å²) in [6.45, 7) is 0. The molecule has 4 aromatic rings. The van der Waals surface area contributed by atoms with Gasteiger partial charge in [0.1, 0.15) is 17.1 Å². The quantitative estimate of drug-likeness (QED) is 0.424. The number of pyridine rings is 1. The van der Waals surface area contributed by atoms with Gasteiger partial charge in [0.25, 0.3) is 0 Å². The molecule has 4 saturated carbocycles. The fourth-order valence-corrected chi connectivity index (χ4v) is 5.77. The van der Waals surface area contributed by atoms with Gasteiger partial charge in [0, 0.05) is 41.5 Å². The van der Waals surface area contributed by atoms with Crippen molar-refractivity contribution in [2.75, 3.05) is 0 Å². The van der Waals surface area contributed by atoms with Gasteiger partial charge < -0.3 is 9.55 Å². The SMILES string of the molecule is Fc1cnc2[nH]cc(-c3ncc4c(C#CC5CC5)cn([C@H]5CC6CCC5CC6)c4n3)c2c1. The Morgan fingerprint density at radius 1 is 1.03 bits per heavy atom. The molecule has 0 spiro atoms. The highest BCUT2D eigenvalue weighted by molar-refractivity contribution is 5.93. The van der Waals surface area contributed by atoms with Crippen LogP contribution >= 0.6 is 0 Å². The maximum atomic E-state index is 13.9. The van der Waals surface area contributed by atoms with E-state index >= 15 is 0 Å². The molecule has 160 valence electrons. The van der Waals surface area contributed by atoms with Crippen LogP contribution in [-0.2, 0) is 0 Å². The van der Waals surface area contributed by atoms with E-state index in [0.717, 1.165) is 28.1 Å². The van der Waals surface area contributed by atoms with E-state index in [1.165, 1.54) is 57.2 Å². The topological polar surface area (TPSA) is 59.4 Å². The van der Waals surface area contributed by atoms with Crippen molar-refractivity contribution < 1.29 is 4.39 Å². The second kappa shape index (κ2) is 6.90. The van der Waals surface area contributed by atoms with E-state index in [0.29, 0.717) is 34.7 Å². The predicted molar refractivity (Wildman–Crippen MR) is 121 cm³/mol. The van der Waals surface area contributed by atoms with Crippen LogP contribution in [-0.4, -0.2) is 24.5 Å². The lowest BCUT2D eigenvalue weighted by Gasteiger charge is -2.43. The minimum Gasteiger partial charge on any atom is -0.345 e. The summed E-state index contributed by atoms with van der Waals surface area (Å²) in [5.74, 6) is 9.16. The lowest BCUT2D eigenvalue weighted by Crippen LogP contribution is -2.32. The largest absolute Gasteiger partial charge is 0.345 e. The zero-order chi connectivity index (χ0) is 21.2. The molecule has 4 fully saturated rings. The number of nitrogens with one attached hydrogen (secondary N) is 1. The fraction of sp³-hybridized carbons (Fsp3) is 0.423. The summed E-state index contributed by atoms with van der Waals surface area (Å²) in [6, 6.07) is 1.97. The zero-order valence-electron chi connectivity index (χ0n) is 17.8. The molecule has 5 nitrogen and oxygen atoms in total. The van der Waals surface area contributed by atoms with Crippen LogP contribution in [0.4, 0.5) is 4.39 Å². The maximum Gasteiger partial charge on any atom is 0.163 e. The van der Waals surface area contributed by atoms with E-state index in [2.05, 4.69) is 37.6 Å². The van der Waals surface area contributed by atoms with E-state index in [1.807, 2.05) is 12.4 Å². The molecule has 8 rings (SSSR count). The Bertz CT molecular complexity index is 1410. The summed E-state index contributed by atoms with van der Waals surface area (Å²) in [5.41, 5.74) is 3.40. The van der Waals surface area contributed by atoms with Gasteiger partial charge in [-0.3, -0.25) is 0 Å². The lowest BCUT2D eigenvalue weighted by atomic mass is 9.68. The second-order valence-electron chi connectivity index (χ2n) is 9.76. The highest BCUT2D eigenvalue weighted by Crippen LogP contribution is 2.48. The fourth-order valence-electron chi connectivity index (χ4n) is 5.77. The van der Waals surface area contributed by atoms with Crippen LogP contribution in [0.1, 0.15) is 56.6 Å². The number of aromatic nitrogens is 5. The summed E-state index contributed by atoms with van der Waals surface area (Å²) < 4.78 is 16.3. The minimum atomic E-state index is -0.362. The Morgan fingerprint density at radius 3 is 2.69 bits per heavy atom. The lowest BCUT2D eigenvalue weighted by molar-refractivity contribution is 0.108. The van der Waals surface area contributed by atoms with Gasteiger partial charge in [-0.05, 0) is 50.0 Å². The first-order chi connectivity index (χ1) is 15.7. The molecule has 0 radical (unpaired) electrons. The van der Waals surface area contributed by atoms with E-state index in [-0.39, 0.29) is 5.82 Å². The molecule has 2 bridgehead atoms. The number of hydrogen-bond acceptors (Lipinski definition) is 3. The number of rotatable bonds is 2. The Morgan fingerprint density at radius 2 is 1.91 bits per heavy atom. The van der Waals surface area contributed by atoms with Crippen LogP contribution < -0.4 is 0 Å². The van der Waals surface area contributed by atoms with Gasteiger partial charge in [0.05, 0.1) is 17.1 Å². The first-order valence-corrected chi connectivity index (χ1v) is 11.7. The van der Waals surface area contributed by atoms with Crippen LogP contribution in [0.3, 0.4) is 0 Å². The molecule has 4 aromatic heterocycles. The number of nitrogens with zero attached hydrogens (tertiary/aromatic N) is 4. The molecular formula is C26H24FN5. The number of halogens is 1. The number of aromatic amines is 1. The van der Waals surface area contributed by atoms with Gasteiger partial charge in [0.2, 0.25) is 0 Å². The van der Waals surface area contributed by atoms with Crippen molar-refractivity contribution in [1.29, 1.82) is 0 Å². The normalized spacial score (nSPS) is 24.7. The zero-order valence-corrected chi connectivity index (χ0v) is 17.8. The summed E-state index contributed by atoms with van der Waals surface area (Å²) in [4.78, 5) is 17.0. The van der Waals surface area contributed by atoms with Crippen molar-refractivity contribution in [3.63, 3.8) is 0 Å². The van der Waals surface area contributed by atoms with Crippen molar-refractivity contribution in [2.45, 2.75) is 51.0 Å². The highest BCUT2D eigenvalue weighted by Gasteiger charge is 2.37. The van der Waals surface area contributed by atoms with Crippen LogP contribution in [0.5, 0.6) is 0 Å². The smallest absolute Gasteiger partial charge is 0.163 e. The first-order valence-electron chi connectivity index (χ1n) is 11.7. The summed E-state index contributed by atoms with van der Waals surface area (Å²) in [5, 5.41) is 1.72. The van der Waals surface area contributed by atoms with Crippen molar-refractivity contribution in [3.05, 3.63) is 42.2 Å². The molecule has 0 saturated heterocycles. The third-order valence-corrected chi connectivity index (χ3v) is 7.67. The Kier molecular flexibility index (Phi) is 3.96. The first kappa shape index (κ1) is 18.4. The third kappa shape index (κ3) is 2.95. The molecule has 32 heavy (non-hydrogen) atoms. The molecule has 1 atom stereocenters. The van der Waals surface area contributed by atoms with Crippen LogP contribution in [0, 0.1) is 35.4 Å². The molecule has 4 aliphatic carbocycles. The van der Waals surface area contributed by atoms with Gasteiger partial charge >= 0.3 is 0 Å². The van der Waals surface area contributed by atoms with Crippen molar-refractivity contribution in [2.24, 2.45) is 17.8 Å². The van der Waals surface area contributed by atoms with Gasteiger partial charge in [0.15, 0.2) is 5.82 Å². The number of fused-ring (bicyclic) bond motifs is 5. The Balaban J connectivity index is 1.40. The van der Waals surface area contributed by atoms with Gasteiger partial charge in [-0.15, -0.1) is 0 Å². The minimum absolute atomic E-state index is 0.362. The van der Waals surface area contributed by atoms with Crippen LogP contribution in [0.2, 0.25) is 0 Å². The molecule has 6 heteroatoms. The average molecular weight is 426 g/mol. The maximum absolute atomic E-state index is 13.9. The third-order valence-electron chi connectivity index (χ3n) is 7.67. The van der Waals surface area contributed by atoms with Gasteiger partial charge in [-0.2, -0.15) is 0 Å².